The highest BCUT2D eigenvalue weighted by atomic mass is 32.2. The Morgan fingerprint density at radius 3 is 2.75 bits per heavy atom. The highest BCUT2D eigenvalue weighted by Crippen LogP contribution is 2.40. The number of aryl methyl sites for hydroxylation is 1. The van der Waals surface area contributed by atoms with Gasteiger partial charge in [0.2, 0.25) is 10.0 Å². The van der Waals surface area contributed by atoms with Crippen LogP contribution in [0.25, 0.3) is 0 Å². The van der Waals surface area contributed by atoms with E-state index in [-0.39, 0.29) is 10.9 Å². The summed E-state index contributed by atoms with van der Waals surface area (Å²) in [4.78, 5) is 4.37. The zero-order valence-corrected chi connectivity index (χ0v) is 15.0. The minimum absolute atomic E-state index is 0.191. The van der Waals surface area contributed by atoms with Gasteiger partial charge in [0.15, 0.2) is 0 Å². The van der Waals surface area contributed by atoms with Crippen molar-refractivity contribution in [1.82, 2.24) is 9.29 Å². The van der Waals surface area contributed by atoms with E-state index in [0.717, 1.165) is 17.5 Å². The van der Waals surface area contributed by atoms with Crippen molar-refractivity contribution in [3.05, 3.63) is 53.9 Å². The van der Waals surface area contributed by atoms with Gasteiger partial charge < -0.3 is 4.74 Å². The van der Waals surface area contributed by atoms with Crippen molar-refractivity contribution in [2.75, 3.05) is 13.7 Å². The summed E-state index contributed by atoms with van der Waals surface area (Å²) in [5, 5.41) is 0. The third kappa shape index (κ3) is 3.03. The Morgan fingerprint density at radius 1 is 1.29 bits per heavy atom. The fourth-order valence-corrected chi connectivity index (χ4v) is 5.25. The lowest BCUT2D eigenvalue weighted by atomic mass is 10.0. The lowest BCUT2D eigenvalue weighted by molar-refractivity contribution is 0.379. The second kappa shape index (κ2) is 6.53. The molecule has 0 unspecified atom stereocenters. The molecule has 1 saturated heterocycles. The lowest BCUT2D eigenvalue weighted by Crippen LogP contribution is -2.31. The number of pyridine rings is 1. The Kier molecular flexibility index (Phi) is 4.60. The topological polar surface area (TPSA) is 59.5 Å². The molecule has 3 rings (SSSR count). The smallest absolute Gasteiger partial charge is 0.247 e. The zero-order valence-electron chi connectivity index (χ0n) is 14.1. The number of methoxy groups -OCH3 is 1. The number of ether oxygens (including phenoxy) is 1. The number of sulfonamides is 1. The van der Waals surface area contributed by atoms with Gasteiger partial charge in [0.1, 0.15) is 10.6 Å². The molecule has 1 aliphatic heterocycles. The van der Waals surface area contributed by atoms with Crippen LogP contribution in [0.15, 0.2) is 47.6 Å². The molecule has 0 saturated carbocycles. The van der Waals surface area contributed by atoms with Crippen molar-refractivity contribution in [1.29, 1.82) is 0 Å². The van der Waals surface area contributed by atoms with Crippen LogP contribution in [0.2, 0.25) is 0 Å². The molecule has 24 heavy (non-hydrogen) atoms. The molecule has 0 spiro atoms. The number of aromatic nitrogens is 1. The summed E-state index contributed by atoms with van der Waals surface area (Å²) in [7, 11) is -2.16. The van der Waals surface area contributed by atoms with Gasteiger partial charge in [0.05, 0.1) is 13.2 Å². The van der Waals surface area contributed by atoms with E-state index in [1.807, 2.05) is 25.1 Å². The Bertz CT molecular complexity index is 821. The highest BCUT2D eigenvalue weighted by molar-refractivity contribution is 7.89. The van der Waals surface area contributed by atoms with E-state index in [0.29, 0.717) is 18.2 Å². The van der Waals surface area contributed by atoms with E-state index in [1.54, 1.807) is 28.8 Å². The van der Waals surface area contributed by atoms with Gasteiger partial charge in [-0.25, -0.2) is 8.42 Å². The van der Waals surface area contributed by atoms with E-state index >= 15 is 0 Å². The van der Waals surface area contributed by atoms with Crippen molar-refractivity contribution in [3.8, 4) is 5.75 Å². The molecule has 0 N–H and O–H groups in total. The second-order valence-corrected chi connectivity index (χ2v) is 8.23. The van der Waals surface area contributed by atoms with E-state index in [4.69, 9.17) is 4.74 Å². The maximum absolute atomic E-state index is 13.3. The summed E-state index contributed by atoms with van der Waals surface area (Å²) < 4.78 is 33.5. The summed E-state index contributed by atoms with van der Waals surface area (Å²) in [6.07, 6.45) is 4.24. The molecule has 1 fully saturated rings. The number of nitrogens with zero attached hydrogens (tertiary/aromatic N) is 2. The summed E-state index contributed by atoms with van der Waals surface area (Å²) in [5.74, 6) is 0.672. The van der Waals surface area contributed by atoms with Crippen LogP contribution < -0.4 is 4.74 Å². The number of rotatable bonds is 4. The van der Waals surface area contributed by atoms with Gasteiger partial charge in [-0.05, 0) is 48.6 Å². The van der Waals surface area contributed by atoms with Crippen LogP contribution >= 0.6 is 0 Å². The third-order valence-corrected chi connectivity index (χ3v) is 6.34. The Balaban J connectivity index is 2.07. The largest absolute Gasteiger partial charge is 0.495 e. The van der Waals surface area contributed by atoms with Gasteiger partial charge in [-0.3, -0.25) is 4.98 Å². The molecule has 0 aliphatic carbocycles. The molecule has 5 nitrogen and oxygen atoms in total. The molecule has 6 heteroatoms. The summed E-state index contributed by atoms with van der Waals surface area (Å²) in [6.45, 7) is 4.45. The molecule has 0 bridgehead atoms. The van der Waals surface area contributed by atoms with Crippen molar-refractivity contribution in [2.24, 2.45) is 5.92 Å². The lowest BCUT2D eigenvalue weighted by Gasteiger charge is -2.25. The quantitative estimate of drug-likeness (QED) is 0.853. The fraction of sp³-hybridized carbons (Fsp3) is 0.389. The second-order valence-electron chi connectivity index (χ2n) is 6.37. The minimum Gasteiger partial charge on any atom is -0.495 e. The predicted molar refractivity (Wildman–Crippen MR) is 92.4 cm³/mol. The Labute approximate surface area is 143 Å². The monoisotopic (exact) mass is 346 g/mol. The summed E-state index contributed by atoms with van der Waals surface area (Å²) >= 11 is 0. The van der Waals surface area contributed by atoms with Crippen LogP contribution in [0.1, 0.15) is 30.5 Å². The van der Waals surface area contributed by atoms with Gasteiger partial charge >= 0.3 is 0 Å². The van der Waals surface area contributed by atoms with Crippen molar-refractivity contribution >= 4 is 10.0 Å². The Morgan fingerprint density at radius 2 is 2.08 bits per heavy atom. The van der Waals surface area contributed by atoms with Crippen LogP contribution in [-0.4, -0.2) is 31.4 Å². The van der Waals surface area contributed by atoms with Crippen LogP contribution in [0, 0.1) is 12.8 Å². The molecule has 0 amide bonds. The van der Waals surface area contributed by atoms with Gasteiger partial charge in [-0.1, -0.05) is 19.1 Å². The standard InChI is InChI=1S/C18H22N2O3S/c1-13-6-7-17(23-3)18(10-13)24(21,22)20-12-14(2)9-16(20)15-5-4-8-19-11-15/h4-8,10-11,14,16H,9,12H2,1-3H3/t14-,16-/m0/s1. The van der Waals surface area contributed by atoms with E-state index < -0.39 is 10.0 Å². The third-order valence-electron chi connectivity index (χ3n) is 4.44. The fourth-order valence-electron chi connectivity index (χ4n) is 3.26. The molecule has 1 aromatic heterocycles. The van der Waals surface area contributed by atoms with Gasteiger partial charge in [-0.2, -0.15) is 4.31 Å². The Hall–Kier alpha value is -1.92. The predicted octanol–water partition coefficient (Wildman–Crippen LogP) is 3.17. The molecule has 2 atom stereocenters. The van der Waals surface area contributed by atoms with E-state index in [9.17, 15) is 8.42 Å². The van der Waals surface area contributed by atoms with E-state index in [1.165, 1.54) is 7.11 Å². The van der Waals surface area contributed by atoms with Gasteiger partial charge in [0, 0.05) is 18.9 Å². The van der Waals surface area contributed by atoms with Crippen LogP contribution in [-0.2, 0) is 10.0 Å². The first-order valence-electron chi connectivity index (χ1n) is 8.00. The first-order chi connectivity index (χ1) is 11.4. The molecular weight excluding hydrogens is 324 g/mol. The van der Waals surface area contributed by atoms with Crippen LogP contribution in [0.4, 0.5) is 0 Å². The molecule has 2 heterocycles. The SMILES string of the molecule is COc1ccc(C)cc1S(=O)(=O)N1C[C@@H](C)C[C@H]1c1cccnc1. The number of hydrogen-bond donors (Lipinski definition) is 0. The van der Waals surface area contributed by atoms with Gasteiger partial charge in [0.25, 0.3) is 0 Å². The zero-order chi connectivity index (χ0) is 17.3. The van der Waals surface area contributed by atoms with Crippen molar-refractivity contribution in [3.63, 3.8) is 0 Å². The maximum atomic E-state index is 13.3. The summed E-state index contributed by atoms with van der Waals surface area (Å²) in [5.41, 5.74) is 1.82. The minimum atomic E-state index is -3.65. The molecule has 1 aliphatic rings. The first kappa shape index (κ1) is 16.9. The van der Waals surface area contributed by atoms with Crippen LogP contribution in [0.5, 0.6) is 5.75 Å². The van der Waals surface area contributed by atoms with E-state index in [2.05, 4.69) is 11.9 Å². The highest BCUT2D eigenvalue weighted by Gasteiger charge is 2.40. The average molecular weight is 346 g/mol. The number of hydrogen-bond acceptors (Lipinski definition) is 4. The number of benzene rings is 1. The van der Waals surface area contributed by atoms with Crippen molar-refractivity contribution in [2.45, 2.75) is 31.2 Å². The van der Waals surface area contributed by atoms with Gasteiger partial charge in [-0.15, -0.1) is 0 Å². The molecule has 2 aromatic rings. The normalized spacial score (nSPS) is 21.8. The molecule has 1 aromatic carbocycles. The molecule has 0 radical (unpaired) electrons. The van der Waals surface area contributed by atoms with Crippen LogP contribution in [0.3, 0.4) is 0 Å². The first-order valence-corrected chi connectivity index (χ1v) is 9.44. The maximum Gasteiger partial charge on any atom is 0.247 e. The molecular formula is C18H22N2O3S. The average Bonchev–Trinajstić information content (AvgIpc) is 2.98. The van der Waals surface area contributed by atoms with Crippen molar-refractivity contribution < 1.29 is 13.2 Å². The summed E-state index contributed by atoms with van der Waals surface area (Å²) in [6, 6.07) is 8.83. The molecule has 128 valence electrons.